The van der Waals surface area contributed by atoms with Crippen molar-refractivity contribution >= 4 is 17.5 Å². The average molecular weight is 425 g/mol. The Bertz CT molecular complexity index is 1060. The van der Waals surface area contributed by atoms with Crippen molar-refractivity contribution in [2.24, 2.45) is 5.92 Å². The van der Waals surface area contributed by atoms with E-state index in [4.69, 9.17) is 0 Å². The Balaban J connectivity index is 1.63. The van der Waals surface area contributed by atoms with Gasteiger partial charge in [-0.05, 0) is 35.6 Å². The van der Waals surface area contributed by atoms with Gasteiger partial charge < -0.3 is 10.2 Å². The van der Waals surface area contributed by atoms with Crippen molar-refractivity contribution in [3.63, 3.8) is 0 Å². The van der Waals surface area contributed by atoms with Crippen LogP contribution in [0.4, 0.5) is 0 Å². The summed E-state index contributed by atoms with van der Waals surface area (Å²) in [4.78, 5) is 28.1. The fourth-order valence-electron chi connectivity index (χ4n) is 4.03. The molecular formula is C28H28N2O2. The van der Waals surface area contributed by atoms with E-state index in [9.17, 15) is 9.59 Å². The number of carbonyl (C=O) groups excluding carboxylic acids is 2. The van der Waals surface area contributed by atoms with E-state index >= 15 is 0 Å². The molecule has 3 aromatic carbocycles. The molecule has 0 fully saturated rings. The zero-order valence-electron chi connectivity index (χ0n) is 18.1. The molecule has 1 unspecified atom stereocenters. The van der Waals surface area contributed by atoms with Gasteiger partial charge >= 0.3 is 0 Å². The quantitative estimate of drug-likeness (QED) is 0.593. The number of nitrogens with one attached hydrogen (secondary N) is 1. The zero-order valence-corrected chi connectivity index (χ0v) is 18.1. The minimum Gasteiger partial charge on any atom is -0.352 e. The molecule has 0 aliphatic carbocycles. The average Bonchev–Trinajstić information content (AvgIpc) is 2.84. The van der Waals surface area contributed by atoms with Gasteiger partial charge in [-0.25, -0.2) is 0 Å². The molecule has 0 aromatic heterocycles. The highest BCUT2D eigenvalue weighted by atomic mass is 16.2. The maximum absolute atomic E-state index is 13.1. The minimum atomic E-state index is -0.291. The number of carbonyl (C=O) groups is 2. The zero-order chi connectivity index (χ0) is 22.2. The van der Waals surface area contributed by atoms with Crippen LogP contribution >= 0.6 is 0 Å². The van der Waals surface area contributed by atoms with Gasteiger partial charge in [0.1, 0.15) is 0 Å². The third-order valence-corrected chi connectivity index (χ3v) is 5.76. The lowest BCUT2D eigenvalue weighted by Gasteiger charge is -2.30. The summed E-state index contributed by atoms with van der Waals surface area (Å²) in [6, 6.07) is 29.8. The first kappa shape index (κ1) is 21.6. The summed E-state index contributed by atoms with van der Waals surface area (Å²) in [7, 11) is 0. The molecule has 0 radical (unpaired) electrons. The van der Waals surface area contributed by atoms with Crippen LogP contribution in [0.3, 0.4) is 0 Å². The van der Waals surface area contributed by atoms with Crippen molar-refractivity contribution in [2.75, 3.05) is 0 Å². The topological polar surface area (TPSA) is 49.4 Å². The van der Waals surface area contributed by atoms with Crippen LogP contribution in [0.25, 0.3) is 5.70 Å². The molecule has 1 atom stereocenters. The normalized spacial score (nSPS) is 18.2. The molecule has 1 heterocycles. The highest BCUT2D eigenvalue weighted by molar-refractivity contribution is 5.90. The minimum absolute atomic E-state index is 0.00343. The van der Waals surface area contributed by atoms with Crippen molar-refractivity contribution in [2.45, 2.75) is 32.4 Å². The molecule has 0 bridgehead atoms. The molecule has 4 heteroatoms. The van der Waals surface area contributed by atoms with Gasteiger partial charge in [-0.3, -0.25) is 9.59 Å². The fourth-order valence-corrected chi connectivity index (χ4v) is 4.03. The first-order chi connectivity index (χ1) is 15.7. The van der Waals surface area contributed by atoms with Gasteiger partial charge in [0.05, 0.1) is 12.5 Å². The Kier molecular flexibility index (Phi) is 7.13. The van der Waals surface area contributed by atoms with Gasteiger partial charge in [0, 0.05) is 18.7 Å². The van der Waals surface area contributed by atoms with E-state index in [0.29, 0.717) is 32.4 Å². The van der Waals surface area contributed by atoms with Crippen LogP contribution < -0.4 is 5.32 Å². The first-order valence-electron chi connectivity index (χ1n) is 11.1. The van der Waals surface area contributed by atoms with Gasteiger partial charge in [-0.1, -0.05) is 91.0 Å². The number of hydrogen-bond acceptors (Lipinski definition) is 2. The Morgan fingerprint density at radius 3 is 2.09 bits per heavy atom. The number of hydrogen-bond donors (Lipinski definition) is 1. The third kappa shape index (κ3) is 5.52. The SMILES string of the molecule is O=C(NCc1ccccc1)C1/C=C(/c2ccccc2)N(Cc2ccccc2)C(=O)CCC1. The standard InChI is InChI=1S/C28H28N2O2/c31-27-18-10-17-25(28(32)29-20-22-11-4-1-5-12-22)19-26(24-15-8-3-9-16-24)30(27)21-23-13-6-2-7-14-23/h1-9,11-16,19,25H,10,17-18,20-21H2,(H,29,32)/b26-19-. The predicted octanol–water partition coefficient (Wildman–Crippen LogP) is 5.17. The summed E-state index contributed by atoms with van der Waals surface area (Å²) in [5, 5.41) is 3.08. The third-order valence-electron chi connectivity index (χ3n) is 5.76. The summed E-state index contributed by atoms with van der Waals surface area (Å²) in [6.45, 7) is 0.982. The van der Waals surface area contributed by atoms with Crippen LogP contribution in [0.15, 0.2) is 97.1 Å². The monoisotopic (exact) mass is 424 g/mol. The maximum atomic E-state index is 13.1. The molecule has 1 aliphatic rings. The summed E-state index contributed by atoms with van der Waals surface area (Å²) in [5.74, 6) is -0.205. The molecule has 4 rings (SSSR count). The number of amides is 2. The van der Waals surface area contributed by atoms with E-state index < -0.39 is 0 Å². The molecule has 1 N–H and O–H groups in total. The van der Waals surface area contributed by atoms with Crippen LogP contribution in [0.5, 0.6) is 0 Å². The largest absolute Gasteiger partial charge is 0.352 e. The molecule has 162 valence electrons. The molecule has 1 aliphatic heterocycles. The second-order valence-corrected chi connectivity index (χ2v) is 8.09. The van der Waals surface area contributed by atoms with E-state index in [1.807, 2.05) is 102 Å². The van der Waals surface area contributed by atoms with Crippen LogP contribution in [-0.2, 0) is 22.7 Å². The summed E-state index contributed by atoms with van der Waals surface area (Å²) in [5.41, 5.74) is 3.88. The molecule has 0 saturated heterocycles. The Hall–Kier alpha value is -3.66. The summed E-state index contributed by atoms with van der Waals surface area (Å²) < 4.78 is 0. The Morgan fingerprint density at radius 1 is 0.844 bits per heavy atom. The van der Waals surface area contributed by atoms with E-state index in [1.54, 1.807) is 0 Å². The molecule has 3 aromatic rings. The Labute approximate surface area is 189 Å². The molecule has 2 amide bonds. The predicted molar refractivity (Wildman–Crippen MR) is 127 cm³/mol. The van der Waals surface area contributed by atoms with Gasteiger partial charge in [0.25, 0.3) is 0 Å². The Morgan fingerprint density at radius 2 is 1.44 bits per heavy atom. The molecule has 4 nitrogen and oxygen atoms in total. The lowest BCUT2D eigenvalue weighted by atomic mass is 9.94. The van der Waals surface area contributed by atoms with Crippen LogP contribution in [0.2, 0.25) is 0 Å². The van der Waals surface area contributed by atoms with Gasteiger partial charge in [-0.15, -0.1) is 0 Å². The fraction of sp³-hybridized carbons (Fsp3) is 0.214. The molecule has 32 heavy (non-hydrogen) atoms. The van der Waals surface area contributed by atoms with Crippen molar-refractivity contribution in [1.82, 2.24) is 10.2 Å². The van der Waals surface area contributed by atoms with E-state index in [1.165, 1.54) is 0 Å². The second kappa shape index (κ2) is 10.6. The highest BCUT2D eigenvalue weighted by Crippen LogP contribution is 2.29. The summed E-state index contributed by atoms with van der Waals surface area (Å²) in [6.07, 6.45) is 3.75. The first-order valence-corrected chi connectivity index (χ1v) is 11.1. The van der Waals surface area contributed by atoms with Crippen molar-refractivity contribution < 1.29 is 9.59 Å². The van der Waals surface area contributed by atoms with E-state index in [-0.39, 0.29) is 17.7 Å². The van der Waals surface area contributed by atoms with Crippen molar-refractivity contribution in [3.8, 4) is 0 Å². The highest BCUT2D eigenvalue weighted by Gasteiger charge is 2.26. The number of nitrogens with zero attached hydrogens (tertiary/aromatic N) is 1. The second-order valence-electron chi connectivity index (χ2n) is 8.09. The molecule has 0 spiro atoms. The molecule has 0 saturated carbocycles. The molecular weight excluding hydrogens is 396 g/mol. The van der Waals surface area contributed by atoms with E-state index in [2.05, 4.69) is 5.32 Å². The van der Waals surface area contributed by atoms with Crippen molar-refractivity contribution in [1.29, 1.82) is 0 Å². The van der Waals surface area contributed by atoms with Crippen LogP contribution in [-0.4, -0.2) is 16.7 Å². The number of rotatable bonds is 6. The lowest BCUT2D eigenvalue weighted by molar-refractivity contribution is -0.129. The number of benzene rings is 3. The van der Waals surface area contributed by atoms with Gasteiger partial charge in [0.15, 0.2) is 0 Å². The van der Waals surface area contributed by atoms with Crippen LogP contribution in [0, 0.1) is 5.92 Å². The van der Waals surface area contributed by atoms with Gasteiger partial charge in [-0.2, -0.15) is 0 Å². The lowest BCUT2D eigenvalue weighted by Crippen LogP contribution is -2.34. The van der Waals surface area contributed by atoms with E-state index in [0.717, 1.165) is 22.4 Å². The smallest absolute Gasteiger partial charge is 0.227 e. The maximum Gasteiger partial charge on any atom is 0.227 e. The van der Waals surface area contributed by atoms with Gasteiger partial charge in [0.2, 0.25) is 11.8 Å². The van der Waals surface area contributed by atoms with Crippen LogP contribution in [0.1, 0.15) is 36.0 Å². The van der Waals surface area contributed by atoms with Crippen molar-refractivity contribution in [3.05, 3.63) is 114 Å². The summed E-state index contributed by atoms with van der Waals surface area (Å²) >= 11 is 0.